The first kappa shape index (κ1) is 13.1. The number of nitro groups is 1. The van der Waals surface area contributed by atoms with Crippen LogP contribution in [0.5, 0.6) is 0 Å². The second-order valence-corrected chi connectivity index (χ2v) is 4.65. The first-order chi connectivity index (χ1) is 10.2. The van der Waals surface area contributed by atoms with E-state index in [1.807, 2.05) is 24.3 Å². The van der Waals surface area contributed by atoms with E-state index < -0.39 is 10.7 Å². The molecule has 0 fully saturated rings. The van der Waals surface area contributed by atoms with E-state index in [9.17, 15) is 14.5 Å². The Hall–Kier alpha value is -2.89. The summed E-state index contributed by atoms with van der Waals surface area (Å²) in [5.74, 6) is -0.964. The van der Waals surface area contributed by atoms with E-state index in [1.54, 1.807) is 12.4 Å². The van der Waals surface area contributed by atoms with E-state index >= 15 is 0 Å². The molecule has 2 heterocycles. The van der Waals surface area contributed by atoms with Crippen LogP contribution in [0.15, 0.2) is 54.9 Å². The third-order valence-corrected chi connectivity index (χ3v) is 3.37. The minimum Gasteiger partial charge on any atom is -0.364 e. The molecule has 2 N–H and O–H groups in total. The summed E-state index contributed by atoms with van der Waals surface area (Å²) >= 11 is 0. The van der Waals surface area contributed by atoms with Crippen LogP contribution in [0.2, 0.25) is 0 Å². The number of nitrogens with one attached hydrogen (secondary N) is 2. The summed E-state index contributed by atoms with van der Waals surface area (Å²) in [5.41, 5.74) is 1.74. The number of nitro benzene ring substituents is 1. The highest BCUT2D eigenvalue weighted by molar-refractivity contribution is 5.43. The van der Waals surface area contributed by atoms with E-state index in [0.717, 1.165) is 17.5 Å². The number of benzene rings is 1. The molecule has 6 heteroatoms. The predicted molar refractivity (Wildman–Crippen MR) is 75.6 cm³/mol. The Balaban J connectivity index is 2.12. The topological polar surface area (TPSA) is 74.7 Å². The van der Waals surface area contributed by atoms with Crippen molar-refractivity contribution in [2.24, 2.45) is 0 Å². The van der Waals surface area contributed by atoms with Gasteiger partial charge in [0.2, 0.25) is 0 Å². The molecule has 3 rings (SSSR count). The summed E-state index contributed by atoms with van der Waals surface area (Å²) in [5, 5.41) is 10.7. The van der Waals surface area contributed by atoms with Gasteiger partial charge in [0, 0.05) is 35.4 Å². The average Bonchev–Trinajstić information content (AvgIpc) is 3.14. The largest absolute Gasteiger partial charge is 0.364 e. The van der Waals surface area contributed by atoms with E-state index in [4.69, 9.17) is 0 Å². The van der Waals surface area contributed by atoms with Crippen molar-refractivity contribution in [3.8, 4) is 0 Å². The van der Waals surface area contributed by atoms with Gasteiger partial charge in [-0.1, -0.05) is 0 Å². The van der Waals surface area contributed by atoms with Crippen molar-refractivity contribution in [2.75, 3.05) is 0 Å². The van der Waals surface area contributed by atoms with Gasteiger partial charge in [-0.3, -0.25) is 10.1 Å². The first-order valence-corrected chi connectivity index (χ1v) is 6.37. The summed E-state index contributed by atoms with van der Waals surface area (Å²) in [7, 11) is 0. The zero-order valence-corrected chi connectivity index (χ0v) is 10.9. The van der Waals surface area contributed by atoms with Gasteiger partial charge in [-0.2, -0.15) is 0 Å². The number of H-pyrrole nitrogens is 2. The first-order valence-electron chi connectivity index (χ1n) is 6.37. The molecule has 0 aliphatic carbocycles. The zero-order valence-electron chi connectivity index (χ0n) is 10.9. The average molecular weight is 285 g/mol. The van der Waals surface area contributed by atoms with E-state index in [0.29, 0.717) is 5.56 Å². The number of aromatic nitrogens is 2. The molecule has 0 saturated carbocycles. The number of nitrogens with zero attached hydrogens (tertiary/aromatic N) is 1. The van der Waals surface area contributed by atoms with Crippen molar-refractivity contribution in [3.63, 3.8) is 0 Å². The number of non-ortho nitro benzene ring substituents is 1. The Bertz CT molecular complexity index is 717. The van der Waals surface area contributed by atoms with Crippen molar-refractivity contribution in [2.45, 2.75) is 5.92 Å². The Morgan fingerprint density at radius 2 is 1.67 bits per heavy atom. The van der Waals surface area contributed by atoms with E-state index in [2.05, 4.69) is 9.97 Å². The van der Waals surface area contributed by atoms with Crippen molar-refractivity contribution < 1.29 is 9.31 Å². The maximum atomic E-state index is 14.3. The third kappa shape index (κ3) is 2.43. The molecule has 0 unspecified atom stereocenters. The zero-order chi connectivity index (χ0) is 14.8. The summed E-state index contributed by atoms with van der Waals surface area (Å²) in [6.45, 7) is 0. The van der Waals surface area contributed by atoms with Crippen LogP contribution in [-0.4, -0.2) is 14.9 Å². The second kappa shape index (κ2) is 5.24. The lowest BCUT2D eigenvalue weighted by Gasteiger charge is -2.16. The Morgan fingerprint density at radius 1 is 1.05 bits per heavy atom. The highest BCUT2D eigenvalue weighted by atomic mass is 19.1. The van der Waals surface area contributed by atoms with Crippen LogP contribution in [0.1, 0.15) is 22.9 Å². The Morgan fingerprint density at radius 3 is 2.10 bits per heavy atom. The SMILES string of the molecule is O=[N+]([O-])c1ccc(C(c2ccc[nH]2)c2ccc[nH]2)c(F)c1. The van der Waals surface area contributed by atoms with Gasteiger partial charge >= 0.3 is 0 Å². The maximum Gasteiger partial charge on any atom is 0.272 e. The number of halogens is 1. The monoisotopic (exact) mass is 285 g/mol. The lowest BCUT2D eigenvalue weighted by atomic mass is 9.92. The Labute approximate surface area is 119 Å². The summed E-state index contributed by atoms with van der Waals surface area (Å²) in [4.78, 5) is 16.2. The highest BCUT2D eigenvalue weighted by Crippen LogP contribution is 2.32. The smallest absolute Gasteiger partial charge is 0.272 e. The maximum absolute atomic E-state index is 14.3. The van der Waals surface area contributed by atoms with E-state index in [1.165, 1.54) is 12.1 Å². The van der Waals surface area contributed by atoms with Crippen LogP contribution in [0.25, 0.3) is 0 Å². The van der Waals surface area contributed by atoms with Gasteiger partial charge in [0.25, 0.3) is 5.69 Å². The molecule has 0 atom stereocenters. The van der Waals surface area contributed by atoms with Gasteiger partial charge in [0.1, 0.15) is 5.82 Å². The fourth-order valence-corrected chi connectivity index (χ4v) is 2.41. The predicted octanol–water partition coefficient (Wildman–Crippen LogP) is 3.57. The van der Waals surface area contributed by atoms with Crippen LogP contribution in [0.4, 0.5) is 10.1 Å². The molecule has 0 aliphatic heterocycles. The summed E-state index contributed by atoms with van der Waals surface area (Å²) < 4.78 is 14.3. The van der Waals surface area contributed by atoms with Gasteiger partial charge in [0.05, 0.1) is 16.9 Å². The lowest BCUT2D eigenvalue weighted by molar-refractivity contribution is -0.385. The third-order valence-electron chi connectivity index (χ3n) is 3.37. The fourth-order valence-electron chi connectivity index (χ4n) is 2.41. The fraction of sp³-hybridized carbons (Fsp3) is 0.0667. The molecular weight excluding hydrogens is 273 g/mol. The van der Waals surface area contributed by atoms with Gasteiger partial charge < -0.3 is 9.97 Å². The lowest BCUT2D eigenvalue weighted by Crippen LogP contribution is -2.07. The molecule has 0 amide bonds. The van der Waals surface area contributed by atoms with Crippen LogP contribution in [-0.2, 0) is 0 Å². The molecule has 0 aliphatic rings. The molecule has 0 bridgehead atoms. The normalized spacial score (nSPS) is 11.0. The van der Waals surface area contributed by atoms with E-state index in [-0.39, 0.29) is 11.6 Å². The number of rotatable bonds is 4. The van der Waals surface area contributed by atoms with Gasteiger partial charge in [-0.15, -0.1) is 0 Å². The van der Waals surface area contributed by atoms with Crippen LogP contribution >= 0.6 is 0 Å². The highest BCUT2D eigenvalue weighted by Gasteiger charge is 2.23. The summed E-state index contributed by atoms with van der Waals surface area (Å²) in [6, 6.07) is 11.1. The molecule has 0 saturated heterocycles. The van der Waals surface area contributed by atoms with Crippen molar-refractivity contribution >= 4 is 5.69 Å². The molecule has 21 heavy (non-hydrogen) atoms. The van der Waals surface area contributed by atoms with Crippen molar-refractivity contribution in [3.05, 3.63) is 87.7 Å². The minimum atomic E-state index is -0.606. The molecule has 0 spiro atoms. The Kier molecular flexibility index (Phi) is 3.27. The standard InChI is InChI=1S/C15H12FN3O2/c16-12-9-10(19(20)21)5-6-11(12)15(13-3-1-7-17-13)14-4-2-8-18-14/h1-9,15,17-18H. The van der Waals surface area contributed by atoms with Gasteiger partial charge in [-0.25, -0.2) is 4.39 Å². The van der Waals surface area contributed by atoms with Gasteiger partial charge in [0.15, 0.2) is 0 Å². The van der Waals surface area contributed by atoms with Crippen molar-refractivity contribution in [1.82, 2.24) is 9.97 Å². The molecule has 0 radical (unpaired) electrons. The van der Waals surface area contributed by atoms with Crippen LogP contribution in [0, 0.1) is 15.9 Å². The van der Waals surface area contributed by atoms with Crippen LogP contribution < -0.4 is 0 Å². The summed E-state index contributed by atoms with van der Waals surface area (Å²) in [6.07, 6.45) is 3.52. The number of hydrogen-bond donors (Lipinski definition) is 2. The molecule has 2 aromatic heterocycles. The molecule has 5 nitrogen and oxygen atoms in total. The van der Waals surface area contributed by atoms with Gasteiger partial charge in [-0.05, 0) is 30.3 Å². The quantitative estimate of drug-likeness (QED) is 0.568. The van der Waals surface area contributed by atoms with Crippen molar-refractivity contribution in [1.29, 1.82) is 0 Å². The molecule has 1 aromatic carbocycles. The minimum absolute atomic E-state index is 0.257. The molecular formula is C15H12FN3O2. The van der Waals surface area contributed by atoms with Crippen LogP contribution in [0.3, 0.4) is 0 Å². The molecule has 3 aromatic rings. The second-order valence-electron chi connectivity index (χ2n) is 4.65. The number of hydrogen-bond acceptors (Lipinski definition) is 2. The molecule has 106 valence electrons. The number of aromatic amines is 2.